The highest BCUT2D eigenvalue weighted by molar-refractivity contribution is 5.70. The van der Waals surface area contributed by atoms with Crippen molar-refractivity contribution in [3.05, 3.63) is 53.3 Å². The Balaban J connectivity index is 2.09. The molecule has 0 saturated carbocycles. The van der Waals surface area contributed by atoms with E-state index in [4.69, 9.17) is 4.98 Å². The third-order valence-electron chi connectivity index (χ3n) is 4.07. The number of imidazole rings is 1. The molecule has 0 unspecified atom stereocenters. The zero-order valence-electron chi connectivity index (χ0n) is 13.8. The highest BCUT2D eigenvalue weighted by Crippen LogP contribution is 2.28. The van der Waals surface area contributed by atoms with Crippen molar-refractivity contribution in [1.29, 1.82) is 0 Å². The monoisotopic (exact) mass is 293 g/mol. The van der Waals surface area contributed by atoms with E-state index in [2.05, 4.69) is 73.9 Å². The molecule has 2 aromatic heterocycles. The van der Waals surface area contributed by atoms with Gasteiger partial charge in [0, 0.05) is 24.0 Å². The number of pyridine rings is 1. The van der Waals surface area contributed by atoms with Crippen LogP contribution in [0, 0.1) is 20.8 Å². The fraction of sp³-hybridized carbons (Fsp3) is 0.316. The number of nitrogens with zero attached hydrogens (tertiary/aromatic N) is 2. The van der Waals surface area contributed by atoms with E-state index in [0.717, 1.165) is 30.0 Å². The lowest BCUT2D eigenvalue weighted by atomic mass is 10.0. The average molecular weight is 293 g/mol. The van der Waals surface area contributed by atoms with E-state index in [1.165, 1.54) is 22.4 Å². The predicted octanol–water partition coefficient (Wildman–Crippen LogP) is 4.75. The summed E-state index contributed by atoms with van der Waals surface area (Å²) in [7, 11) is 0. The maximum atomic E-state index is 4.83. The summed E-state index contributed by atoms with van der Waals surface area (Å²) in [6.07, 6.45) is 3.26. The fourth-order valence-electron chi connectivity index (χ4n) is 2.87. The Kier molecular flexibility index (Phi) is 3.88. The standard InChI is InChI=1S/C19H23N3/c1-5-10-20-16-7-9-18-21-19(15(4)22(18)12-16)17-8-6-13(2)11-14(17)3/h6-9,11-12,20H,5,10H2,1-4H3. The number of rotatable bonds is 4. The molecular formula is C19H23N3. The lowest BCUT2D eigenvalue weighted by Gasteiger charge is -2.07. The molecule has 0 radical (unpaired) electrons. The van der Waals surface area contributed by atoms with Gasteiger partial charge < -0.3 is 9.72 Å². The average Bonchev–Trinajstić information content (AvgIpc) is 2.82. The van der Waals surface area contributed by atoms with Crippen molar-refractivity contribution in [2.45, 2.75) is 34.1 Å². The number of aryl methyl sites for hydroxylation is 3. The summed E-state index contributed by atoms with van der Waals surface area (Å²) >= 11 is 0. The number of hydrogen-bond donors (Lipinski definition) is 1. The van der Waals surface area contributed by atoms with Gasteiger partial charge in [0.15, 0.2) is 0 Å². The van der Waals surface area contributed by atoms with E-state index >= 15 is 0 Å². The van der Waals surface area contributed by atoms with E-state index in [1.807, 2.05) is 0 Å². The van der Waals surface area contributed by atoms with Gasteiger partial charge in [-0.15, -0.1) is 0 Å². The van der Waals surface area contributed by atoms with Crippen molar-refractivity contribution >= 4 is 11.3 Å². The summed E-state index contributed by atoms with van der Waals surface area (Å²) in [4.78, 5) is 4.83. The summed E-state index contributed by atoms with van der Waals surface area (Å²) < 4.78 is 2.17. The Bertz CT molecular complexity index is 815. The van der Waals surface area contributed by atoms with E-state index < -0.39 is 0 Å². The van der Waals surface area contributed by atoms with Crippen LogP contribution in [0.4, 0.5) is 5.69 Å². The molecule has 0 fully saturated rings. The molecule has 3 aromatic rings. The summed E-state index contributed by atoms with van der Waals surface area (Å²) in [6.45, 7) is 9.58. The van der Waals surface area contributed by atoms with E-state index in [9.17, 15) is 0 Å². The first kappa shape index (κ1) is 14.6. The number of anilines is 1. The Morgan fingerprint density at radius 2 is 1.91 bits per heavy atom. The van der Waals surface area contributed by atoms with E-state index in [-0.39, 0.29) is 0 Å². The van der Waals surface area contributed by atoms with E-state index in [0.29, 0.717) is 0 Å². The SMILES string of the molecule is CCCNc1ccc2nc(-c3ccc(C)cc3C)c(C)n2c1. The minimum Gasteiger partial charge on any atom is -0.384 e. The van der Waals surface area contributed by atoms with Gasteiger partial charge in [-0.05, 0) is 44.9 Å². The van der Waals surface area contributed by atoms with Gasteiger partial charge >= 0.3 is 0 Å². The minimum atomic E-state index is 0.989. The van der Waals surface area contributed by atoms with Crippen molar-refractivity contribution < 1.29 is 0 Å². The Hall–Kier alpha value is -2.29. The molecule has 3 nitrogen and oxygen atoms in total. The number of fused-ring (bicyclic) bond motifs is 1. The third kappa shape index (κ3) is 2.59. The quantitative estimate of drug-likeness (QED) is 0.752. The molecule has 1 aromatic carbocycles. The zero-order valence-corrected chi connectivity index (χ0v) is 13.8. The molecular weight excluding hydrogens is 270 g/mol. The van der Waals surface area contributed by atoms with Crippen LogP contribution in [-0.2, 0) is 0 Å². The molecule has 3 heteroatoms. The molecule has 0 atom stereocenters. The maximum absolute atomic E-state index is 4.83. The molecule has 0 aliphatic heterocycles. The summed E-state index contributed by atoms with van der Waals surface area (Å²) in [5.74, 6) is 0. The molecule has 0 saturated heterocycles. The molecule has 114 valence electrons. The first-order valence-corrected chi connectivity index (χ1v) is 7.90. The number of hydrogen-bond acceptors (Lipinski definition) is 2. The first-order valence-electron chi connectivity index (χ1n) is 7.90. The molecule has 1 N–H and O–H groups in total. The maximum Gasteiger partial charge on any atom is 0.137 e. The van der Waals surface area contributed by atoms with Crippen LogP contribution in [0.15, 0.2) is 36.5 Å². The highest BCUT2D eigenvalue weighted by atomic mass is 15.0. The van der Waals surface area contributed by atoms with Crippen LogP contribution in [0.25, 0.3) is 16.9 Å². The predicted molar refractivity (Wildman–Crippen MR) is 93.6 cm³/mol. The van der Waals surface area contributed by atoms with Gasteiger partial charge in [0.2, 0.25) is 0 Å². The summed E-state index contributed by atoms with van der Waals surface area (Å²) in [6, 6.07) is 10.7. The zero-order chi connectivity index (χ0) is 15.7. The molecule has 0 aliphatic carbocycles. The molecule has 3 rings (SSSR count). The molecule has 2 heterocycles. The minimum absolute atomic E-state index is 0.989. The van der Waals surface area contributed by atoms with Crippen LogP contribution in [0.1, 0.15) is 30.2 Å². The summed E-state index contributed by atoms with van der Waals surface area (Å²) in [5, 5.41) is 3.43. The summed E-state index contributed by atoms with van der Waals surface area (Å²) in [5.41, 5.74) is 8.17. The second-order valence-electron chi connectivity index (χ2n) is 5.94. The number of nitrogens with one attached hydrogen (secondary N) is 1. The second kappa shape index (κ2) is 5.84. The van der Waals surface area contributed by atoms with Crippen LogP contribution < -0.4 is 5.32 Å². The number of benzene rings is 1. The Morgan fingerprint density at radius 3 is 2.64 bits per heavy atom. The van der Waals surface area contributed by atoms with Crippen LogP contribution in [0.3, 0.4) is 0 Å². The van der Waals surface area contributed by atoms with Crippen LogP contribution >= 0.6 is 0 Å². The lowest BCUT2D eigenvalue weighted by Crippen LogP contribution is -2.01. The Labute approximate surface area is 132 Å². The van der Waals surface area contributed by atoms with Crippen molar-refractivity contribution in [3.8, 4) is 11.3 Å². The van der Waals surface area contributed by atoms with Crippen molar-refractivity contribution in [2.24, 2.45) is 0 Å². The van der Waals surface area contributed by atoms with Crippen LogP contribution in [-0.4, -0.2) is 15.9 Å². The van der Waals surface area contributed by atoms with Gasteiger partial charge in [-0.25, -0.2) is 4.98 Å². The van der Waals surface area contributed by atoms with Crippen molar-refractivity contribution in [3.63, 3.8) is 0 Å². The first-order chi connectivity index (χ1) is 10.6. The molecule has 0 spiro atoms. The fourth-order valence-corrected chi connectivity index (χ4v) is 2.87. The van der Waals surface area contributed by atoms with Crippen LogP contribution in [0.2, 0.25) is 0 Å². The van der Waals surface area contributed by atoms with Gasteiger partial charge in [-0.2, -0.15) is 0 Å². The Morgan fingerprint density at radius 1 is 1.09 bits per heavy atom. The van der Waals surface area contributed by atoms with Crippen molar-refractivity contribution in [1.82, 2.24) is 9.38 Å². The normalized spacial score (nSPS) is 11.1. The molecule has 0 bridgehead atoms. The van der Waals surface area contributed by atoms with Gasteiger partial charge in [-0.3, -0.25) is 0 Å². The smallest absolute Gasteiger partial charge is 0.137 e. The van der Waals surface area contributed by atoms with Gasteiger partial charge in [0.1, 0.15) is 5.65 Å². The van der Waals surface area contributed by atoms with Gasteiger partial charge in [0.05, 0.1) is 11.4 Å². The topological polar surface area (TPSA) is 29.3 Å². The lowest BCUT2D eigenvalue weighted by molar-refractivity contribution is 0.974. The molecule has 0 amide bonds. The van der Waals surface area contributed by atoms with Crippen LogP contribution in [0.5, 0.6) is 0 Å². The second-order valence-corrected chi connectivity index (χ2v) is 5.94. The number of aromatic nitrogens is 2. The van der Waals surface area contributed by atoms with Crippen molar-refractivity contribution in [2.75, 3.05) is 11.9 Å². The highest BCUT2D eigenvalue weighted by Gasteiger charge is 2.12. The third-order valence-corrected chi connectivity index (χ3v) is 4.07. The van der Waals surface area contributed by atoms with E-state index in [1.54, 1.807) is 0 Å². The van der Waals surface area contributed by atoms with Gasteiger partial charge in [0.25, 0.3) is 0 Å². The van der Waals surface area contributed by atoms with Gasteiger partial charge in [-0.1, -0.05) is 30.7 Å². The molecule has 22 heavy (non-hydrogen) atoms. The largest absolute Gasteiger partial charge is 0.384 e. The molecule has 0 aliphatic rings.